The summed E-state index contributed by atoms with van der Waals surface area (Å²) in [6, 6.07) is 0.353. The fourth-order valence-corrected chi connectivity index (χ4v) is 1.73. The highest BCUT2D eigenvalue weighted by Crippen LogP contribution is 2.26. The smallest absolute Gasteiger partial charge is 0.159 e. The highest BCUT2D eigenvalue weighted by molar-refractivity contribution is 5.91. The lowest BCUT2D eigenvalue weighted by atomic mass is 9.87. The average molecular weight is 195 g/mol. The van der Waals surface area contributed by atoms with Gasteiger partial charge in [-0.25, -0.2) is 0 Å². The van der Waals surface area contributed by atoms with Gasteiger partial charge >= 0.3 is 0 Å². The van der Waals surface area contributed by atoms with Crippen LogP contribution < -0.4 is 5.32 Å². The molecule has 14 heavy (non-hydrogen) atoms. The van der Waals surface area contributed by atoms with Crippen LogP contribution >= 0.6 is 0 Å². The number of ketones is 1. The van der Waals surface area contributed by atoms with Gasteiger partial charge in [0, 0.05) is 29.7 Å². The van der Waals surface area contributed by atoms with Crippen LogP contribution in [-0.4, -0.2) is 11.8 Å². The molecule has 1 heterocycles. The first-order valence-corrected chi connectivity index (χ1v) is 5.45. The van der Waals surface area contributed by atoms with Crippen molar-refractivity contribution in [2.24, 2.45) is 5.41 Å². The molecule has 0 saturated carbocycles. The predicted octanol–water partition coefficient (Wildman–Crippen LogP) is 2.65. The molecule has 0 amide bonds. The van der Waals surface area contributed by atoms with Crippen molar-refractivity contribution in [3.8, 4) is 0 Å². The molecule has 0 fully saturated rings. The molecule has 80 valence electrons. The number of allylic oxidation sites excluding steroid dienone is 2. The molecule has 1 atom stereocenters. The Balaban J connectivity index is 2.73. The van der Waals surface area contributed by atoms with Crippen LogP contribution in [0.1, 0.15) is 47.0 Å². The third-order valence-corrected chi connectivity index (χ3v) is 2.56. The second-order valence-corrected chi connectivity index (χ2v) is 5.11. The topological polar surface area (TPSA) is 29.1 Å². The van der Waals surface area contributed by atoms with Crippen molar-refractivity contribution in [1.29, 1.82) is 0 Å². The number of rotatable bonds is 2. The fourth-order valence-electron chi connectivity index (χ4n) is 1.73. The SMILES string of the molecule is CCCC1CC(=O)C=C(C(C)(C)C)N1. The third-order valence-electron chi connectivity index (χ3n) is 2.56. The summed E-state index contributed by atoms with van der Waals surface area (Å²) in [7, 11) is 0. The van der Waals surface area contributed by atoms with Gasteiger partial charge in [-0.1, -0.05) is 34.1 Å². The molecule has 0 aromatic heterocycles. The molecule has 0 saturated heterocycles. The Bertz CT molecular complexity index is 248. The van der Waals surface area contributed by atoms with E-state index >= 15 is 0 Å². The van der Waals surface area contributed by atoms with Crippen molar-refractivity contribution >= 4 is 5.78 Å². The number of hydrogen-bond acceptors (Lipinski definition) is 2. The molecule has 0 bridgehead atoms. The first-order chi connectivity index (χ1) is 6.43. The Morgan fingerprint density at radius 3 is 2.64 bits per heavy atom. The lowest BCUT2D eigenvalue weighted by Crippen LogP contribution is -2.39. The van der Waals surface area contributed by atoms with E-state index in [9.17, 15) is 4.79 Å². The minimum absolute atomic E-state index is 0.0576. The summed E-state index contributed by atoms with van der Waals surface area (Å²) in [5.41, 5.74) is 1.15. The number of hydrogen-bond donors (Lipinski definition) is 1. The zero-order valence-corrected chi connectivity index (χ0v) is 9.68. The van der Waals surface area contributed by atoms with Crippen molar-refractivity contribution in [3.05, 3.63) is 11.8 Å². The van der Waals surface area contributed by atoms with Gasteiger partial charge in [0.25, 0.3) is 0 Å². The highest BCUT2D eigenvalue weighted by Gasteiger charge is 2.25. The van der Waals surface area contributed by atoms with Crippen LogP contribution in [0.15, 0.2) is 11.8 Å². The Morgan fingerprint density at radius 2 is 2.14 bits per heavy atom. The van der Waals surface area contributed by atoms with Crippen molar-refractivity contribution in [1.82, 2.24) is 5.32 Å². The van der Waals surface area contributed by atoms with Gasteiger partial charge in [0.1, 0.15) is 0 Å². The summed E-state index contributed by atoms with van der Waals surface area (Å²) in [6.07, 6.45) is 4.64. The number of carbonyl (C=O) groups is 1. The van der Waals surface area contributed by atoms with Crippen molar-refractivity contribution in [2.45, 2.75) is 53.0 Å². The number of nitrogens with one attached hydrogen (secondary N) is 1. The van der Waals surface area contributed by atoms with E-state index in [4.69, 9.17) is 0 Å². The Labute approximate surface area is 86.8 Å². The van der Waals surface area contributed by atoms with Gasteiger partial charge in [-0.05, 0) is 6.42 Å². The van der Waals surface area contributed by atoms with E-state index in [1.165, 1.54) is 0 Å². The molecule has 0 spiro atoms. The Morgan fingerprint density at radius 1 is 1.50 bits per heavy atom. The maximum Gasteiger partial charge on any atom is 0.159 e. The molecule has 2 heteroatoms. The lowest BCUT2D eigenvalue weighted by Gasteiger charge is -2.32. The monoisotopic (exact) mass is 195 g/mol. The summed E-state index contributed by atoms with van der Waals surface area (Å²) in [5, 5.41) is 3.46. The quantitative estimate of drug-likeness (QED) is 0.734. The van der Waals surface area contributed by atoms with Crippen LogP contribution in [0.5, 0.6) is 0 Å². The molecule has 1 unspecified atom stereocenters. The largest absolute Gasteiger partial charge is 0.385 e. The first kappa shape index (κ1) is 11.3. The predicted molar refractivity (Wildman–Crippen MR) is 59.0 cm³/mol. The molecular formula is C12H21NO. The fraction of sp³-hybridized carbons (Fsp3) is 0.750. The molecule has 1 N–H and O–H groups in total. The Kier molecular flexibility index (Phi) is 3.35. The van der Waals surface area contributed by atoms with Crippen LogP contribution in [0, 0.1) is 5.41 Å². The molecule has 1 aliphatic heterocycles. The van der Waals surface area contributed by atoms with Gasteiger partial charge < -0.3 is 5.32 Å². The molecule has 2 nitrogen and oxygen atoms in total. The minimum Gasteiger partial charge on any atom is -0.385 e. The van der Waals surface area contributed by atoms with Crippen LogP contribution in [0.4, 0.5) is 0 Å². The number of carbonyl (C=O) groups excluding carboxylic acids is 1. The second-order valence-electron chi connectivity index (χ2n) is 5.11. The molecule has 0 aromatic rings. The first-order valence-electron chi connectivity index (χ1n) is 5.45. The molecule has 1 aliphatic rings. The van der Waals surface area contributed by atoms with Crippen molar-refractivity contribution in [2.75, 3.05) is 0 Å². The molecule has 0 radical (unpaired) electrons. The maximum absolute atomic E-state index is 11.5. The van der Waals surface area contributed by atoms with Crippen LogP contribution in [-0.2, 0) is 4.79 Å². The normalized spacial score (nSPS) is 23.0. The van der Waals surface area contributed by atoms with Crippen molar-refractivity contribution in [3.63, 3.8) is 0 Å². The maximum atomic E-state index is 11.5. The molecular weight excluding hydrogens is 174 g/mol. The standard InChI is InChI=1S/C12H21NO/c1-5-6-9-7-10(14)8-11(13-9)12(2,3)4/h8-9,13H,5-7H2,1-4H3. The van der Waals surface area contributed by atoms with Gasteiger partial charge in [0.05, 0.1) is 0 Å². The van der Waals surface area contributed by atoms with E-state index in [1.54, 1.807) is 6.08 Å². The molecule has 0 aliphatic carbocycles. The second kappa shape index (κ2) is 4.16. The van der Waals surface area contributed by atoms with Crippen LogP contribution in [0.25, 0.3) is 0 Å². The Hall–Kier alpha value is -0.790. The van der Waals surface area contributed by atoms with E-state index < -0.39 is 0 Å². The van der Waals surface area contributed by atoms with E-state index in [1.807, 2.05) is 0 Å². The summed E-state index contributed by atoms with van der Waals surface area (Å²) in [4.78, 5) is 11.5. The van der Waals surface area contributed by atoms with E-state index in [2.05, 4.69) is 33.0 Å². The van der Waals surface area contributed by atoms with Crippen molar-refractivity contribution < 1.29 is 4.79 Å². The van der Waals surface area contributed by atoms with Crippen LogP contribution in [0.2, 0.25) is 0 Å². The van der Waals surface area contributed by atoms with Gasteiger partial charge in [-0.15, -0.1) is 0 Å². The van der Waals surface area contributed by atoms with Gasteiger partial charge in [-0.3, -0.25) is 4.79 Å². The third kappa shape index (κ3) is 2.86. The minimum atomic E-state index is 0.0576. The van der Waals surface area contributed by atoms with E-state index in [0.717, 1.165) is 18.5 Å². The van der Waals surface area contributed by atoms with Gasteiger partial charge in [0.15, 0.2) is 5.78 Å². The zero-order chi connectivity index (χ0) is 10.8. The summed E-state index contributed by atoms with van der Waals surface area (Å²) in [5.74, 6) is 0.270. The van der Waals surface area contributed by atoms with Gasteiger partial charge in [0.2, 0.25) is 0 Å². The van der Waals surface area contributed by atoms with E-state index in [0.29, 0.717) is 12.5 Å². The highest BCUT2D eigenvalue weighted by atomic mass is 16.1. The summed E-state index contributed by atoms with van der Waals surface area (Å²) < 4.78 is 0. The van der Waals surface area contributed by atoms with Crippen LogP contribution in [0.3, 0.4) is 0 Å². The summed E-state index contributed by atoms with van der Waals surface area (Å²) >= 11 is 0. The molecule has 0 aromatic carbocycles. The summed E-state index contributed by atoms with van der Waals surface area (Å²) in [6.45, 7) is 8.55. The molecule has 1 rings (SSSR count). The zero-order valence-electron chi connectivity index (χ0n) is 9.68. The van der Waals surface area contributed by atoms with Gasteiger partial charge in [-0.2, -0.15) is 0 Å². The average Bonchev–Trinajstić information content (AvgIpc) is 2.02. The lowest BCUT2D eigenvalue weighted by molar-refractivity contribution is -0.115. The van der Waals surface area contributed by atoms with E-state index in [-0.39, 0.29) is 11.2 Å².